The number of nitrogens with two attached hydrogens (primary N) is 1. The molecule has 2 rings (SSSR count). The van der Waals surface area contributed by atoms with Crippen LogP contribution in [0.2, 0.25) is 0 Å². The van der Waals surface area contributed by atoms with Crippen LogP contribution in [0.4, 0.5) is 5.69 Å². The molecule has 0 saturated heterocycles. The number of benzene rings is 1. The Morgan fingerprint density at radius 3 is 2.39 bits per heavy atom. The van der Waals surface area contributed by atoms with Crippen LogP contribution in [-0.4, -0.2) is 9.36 Å². The minimum absolute atomic E-state index is 0.106. The van der Waals surface area contributed by atoms with E-state index in [0.717, 1.165) is 11.3 Å². The highest BCUT2D eigenvalue weighted by molar-refractivity contribution is 5.72. The summed E-state index contributed by atoms with van der Waals surface area (Å²) in [6.07, 6.45) is 0. The number of anilines is 1. The molecule has 0 atom stereocenters. The van der Waals surface area contributed by atoms with Crippen molar-refractivity contribution in [2.75, 3.05) is 5.73 Å². The Morgan fingerprint density at radius 1 is 1.22 bits per heavy atom. The third-order valence-electron chi connectivity index (χ3n) is 2.99. The van der Waals surface area contributed by atoms with Crippen molar-refractivity contribution < 1.29 is 0 Å². The maximum Gasteiger partial charge on any atom is 0.290 e. The second-order valence-corrected chi connectivity index (χ2v) is 4.93. The van der Waals surface area contributed by atoms with E-state index in [1.807, 2.05) is 42.1 Å². The number of hydrogen-bond donors (Lipinski definition) is 1. The first kappa shape index (κ1) is 12.5. The molecule has 4 heteroatoms. The van der Waals surface area contributed by atoms with E-state index in [4.69, 9.17) is 5.73 Å². The van der Waals surface area contributed by atoms with Crippen molar-refractivity contribution in [1.29, 1.82) is 0 Å². The molecule has 0 fully saturated rings. The van der Waals surface area contributed by atoms with Crippen molar-refractivity contribution in [1.82, 2.24) is 9.36 Å². The highest BCUT2D eigenvalue weighted by Crippen LogP contribution is 2.23. The predicted octanol–water partition coefficient (Wildman–Crippen LogP) is 2.09. The first-order valence-corrected chi connectivity index (χ1v) is 6.13. The van der Waals surface area contributed by atoms with Crippen molar-refractivity contribution in [3.05, 3.63) is 40.7 Å². The van der Waals surface area contributed by atoms with Gasteiger partial charge in [0.05, 0.1) is 5.69 Å². The van der Waals surface area contributed by atoms with Gasteiger partial charge in [0.15, 0.2) is 0 Å². The maximum atomic E-state index is 12.1. The molecule has 0 bridgehead atoms. The molecule has 2 aromatic rings. The lowest BCUT2D eigenvalue weighted by Gasteiger charge is -2.11. The van der Waals surface area contributed by atoms with E-state index in [-0.39, 0.29) is 5.56 Å². The van der Waals surface area contributed by atoms with Gasteiger partial charge in [-0.05, 0) is 5.92 Å². The molecule has 96 valence electrons. The summed E-state index contributed by atoms with van der Waals surface area (Å²) in [4.78, 5) is 12.1. The first-order valence-electron chi connectivity index (χ1n) is 6.13. The van der Waals surface area contributed by atoms with Crippen LogP contribution in [0.3, 0.4) is 0 Å². The van der Waals surface area contributed by atoms with E-state index >= 15 is 0 Å². The fourth-order valence-electron chi connectivity index (χ4n) is 2.16. The molecular weight excluding hydrogens is 226 g/mol. The monoisotopic (exact) mass is 245 g/mol. The summed E-state index contributed by atoms with van der Waals surface area (Å²) in [7, 11) is 1.88. The van der Waals surface area contributed by atoms with Crippen LogP contribution in [0.5, 0.6) is 0 Å². The van der Waals surface area contributed by atoms with Crippen molar-refractivity contribution in [2.45, 2.75) is 20.4 Å². The Bertz CT molecular complexity index is 593. The average Bonchev–Trinajstić information content (AvgIpc) is 2.54. The van der Waals surface area contributed by atoms with Gasteiger partial charge in [0.2, 0.25) is 0 Å². The number of nitrogen functional groups attached to an aromatic ring is 1. The van der Waals surface area contributed by atoms with Gasteiger partial charge < -0.3 is 5.73 Å². The van der Waals surface area contributed by atoms with Crippen LogP contribution in [0.1, 0.15) is 13.8 Å². The topological polar surface area (TPSA) is 52.9 Å². The van der Waals surface area contributed by atoms with Gasteiger partial charge in [-0.25, -0.2) is 4.68 Å². The Labute approximate surface area is 107 Å². The summed E-state index contributed by atoms with van der Waals surface area (Å²) in [5.41, 5.74) is 7.94. The molecule has 0 radical (unpaired) electrons. The lowest BCUT2D eigenvalue weighted by Crippen LogP contribution is -2.24. The first-order chi connectivity index (χ1) is 8.52. The largest absolute Gasteiger partial charge is 0.392 e. The van der Waals surface area contributed by atoms with Crippen LogP contribution >= 0.6 is 0 Å². The Balaban J connectivity index is 2.60. The van der Waals surface area contributed by atoms with E-state index in [1.165, 1.54) is 0 Å². The minimum Gasteiger partial charge on any atom is -0.392 e. The number of rotatable bonds is 3. The zero-order valence-electron chi connectivity index (χ0n) is 11.1. The summed E-state index contributed by atoms with van der Waals surface area (Å²) < 4.78 is 3.55. The molecule has 1 aromatic carbocycles. The standard InChI is InChI=1S/C14H19N3O/c1-10(2)9-17-14(18)12(15)13(16(17)3)11-7-5-4-6-8-11/h4-8,10H,9,15H2,1-3H3. The fourth-order valence-corrected chi connectivity index (χ4v) is 2.16. The van der Waals surface area contributed by atoms with Crippen molar-refractivity contribution >= 4 is 5.69 Å². The minimum atomic E-state index is -0.106. The molecule has 0 unspecified atom stereocenters. The normalized spacial score (nSPS) is 11.1. The van der Waals surface area contributed by atoms with E-state index in [0.29, 0.717) is 18.2 Å². The number of nitrogens with zero attached hydrogens (tertiary/aromatic N) is 2. The lowest BCUT2D eigenvalue weighted by molar-refractivity contribution is 0.420. The highest BCUT2D eigenvalue weighted by Gasteiger charge is 2.16. The lowest BCUT2D eigenvalue weighted by atomic mass is 10.1. The molecule has 0 saturated carbocycles. The molecule has 4 nitrogen and oxygen atoms in total. The molecule has 0 aliphatic heterocycles. The van der Waals surface area contributed by atoms with Crippen LogP contribution < -0.4 is 11.3 Å². The van der Waals surface area contributed by atoms with Crippen LogP contribution in [0, 0.1) is 5.92 Å². The second kappa shape index (κ2) is 4.72. The SMILES string of the molecule is CC(C)Cn1c(=O)c(N)c(-c2ccccc2)n1C. The third-order valence-corrected chi connectivity index (χ3v) is 2.99. The molecule has 0 amide bonds. The van der Waals surface area contributed by atoms with Gasteiger partial charge in [-0.3, -0.25) is 9.48 Å². The van der Waals surface area contributed by atoms with Crippen molar-refractivity contribution in [2.24, 2.45) is 13.0 Å². The van der Waals surface area contributed by atoms with Crippen LogP contribution in [0.25, 0.3) is 11.3 Å². The van der Waals surface area contributed by atoms with Crippen LogP contribution in [-0.2, 0) is 13.6 Å². The summed E-state index contributed by atoms with van der Waals surface area (Å²) >= 11 is 0. The van der Waals surface area contributed by atoms with Gasteiger partial charge in [0.1, 0.15) is 5.69 Å². The fraction of sp³-hybridized carbons (Fsp3) is 0.357. The van der Waals surface area contributed by atoms with Gasteiger partial charge in [-0.15, -0.1) is 0 Å². The van der Waals surface area contributed by atoms with Crippen molar-refractivity contribution in [3.8, 4) is 11.3 Å². The molecule has 1 heterocycles. The second-order valence-electron chi connectivity index (χ2n) is 4.93. The van der Waals surface area contributed by atoms with Gasteiger partial charge in [0.25, 0.3) is 5.56 Å². The summed E-state index contributed by atoms with van der Waals surface area (Å²) in [6, 6.07) is 9.76. The van der Waals surface area contributed by atoms with Gasteiger partial charge in [0, 0.05) is 19.2 Å². The van der Waals surface area contributed by atoms with E-state index in [9.17, 15) is 4.79 Å². The van der Waals surface area contributed by atoms with Gasteiger partial charge in [-0.2, -0.15) is 0 Å². The zero-order valence-corrected chi connectivity index (χ0v) is 11.1. The summed E-state index contributed by atoms with van der Waals surface area (Å²) in [5.74, 6) is 0.402. The maximum absolute atomic E-state index is 12.1. The molecule has 18 heavy (non-hydrogen) atoms. The van der Waals surface area contributed by atoms with E-state index in [2.05, 4.69) is 13.8 Å². The number of aromatic nitrogens is 2. The van der Waals surface area contributed by atoms with Gasteiger partial charge >= 0.3 is 0 Å². The van der Waals surface area contributed by atoms with Gasteiger partial charge in [-0.1, -0.05) is 44.2 Å². The average molecular weight is 245 g/mol. The molecule has 1 aromatic heterocycles. The van der Waals surface area contributed by atoms with E-state index < -0.39 is 0 Å². The number of hydrogen-bond acceptors (Lipinski definition) is 2. The zero-order chi connectivity index (χ0) is 13.3. The highest BCUT2D eigenvalue weighted by atomic mass is 16.1. The Hall–Kier alpha value is -1.97. The Morgan fingerprint density at radius 2 is 1.83 bits per heavy atom. The molecule has 0 spiro atoms. The Kier molecular flexibility index (Phi) is 3.28. The molecule has 0 aliphatic carbocycles. The molecule has 0 aliphatic rings. The molecular formula is C14H19N3O. The smallest absolute Gasteiger partial charge is 0.290 e. The summed E-state index contributed by atoms with van der Waals surface area (Å²) in [5, 5.41) is 0. The summed E-state index contributed by atoms with van der Waals surface area (Å²) in [6.45, 7) is 4.84. The predicted molar refractivity (Wildman–Crippen MR) is 74.4 cm³/mol. The van der Waals surface area contributed by atoms with E-state index in [1.54, 1.807) is 4.68 Å². The molecule has 2 N–H and O–H groups in total. The third kappa shape index (κ3) is 2.06. The quantitative estimate of drug-likeness (QED) is 0.900. The van der Waals surface area contributed by atoms with Crippen molar-refractivity contribution in [3.63, 3.8) is 0 Å². The van der Waals surface area contributed by atoms with Crippen LogP contribution in [0.15, 0.2) is 35.1 Å².